The Morgan fingerprint density at radius 1 is 0.277 bits per heavy atom. The number of benzene rings is 4. The number of aromatic amines is 2. The van der Waals surface area contributed by atoms with Crippen LogP contribution in [0, 0.1) is 93.1 Å². The van der Waals surface area contributed by atoms with E-state index in [9.17, 15) is 81.7 Å². The molecule has 44 heteroatoms. The van der Waals surface area contributed by atoms with Gasteiger partial charge in [0.25, 0.3) is 0 Å². The molecule has 0 aliphatic carbocycles. The number of aromatic nitrogens is 4. The van der Waals surface area contributed by atoms with Gasteiger partial charge in [0.1, 0.15) is 119 Å². The molecule has 2 aromatic heterocycles. The van der Waals surface area contributed by atoms with Gasteiger partial charge in [0.15, 0.2) is 93.1 Å². The second kappa shape index (κ2) is 32.4. The number of nitrogens with zero attached hydrogens (tertiary/aromatic N) is 2. The second-order valence-electron chi connectivity index (χ2n) is 25.9. The number of halogens is 16. The average Bonchev–Trinajstić information content (AvgIpc) is 1.40. The fourth-order valence-corrected chi connectivity index (χ4v) is 17.9. The molecule has 4 aromatic carbocycles. The molecule has 13 rings (SSSR count). The maximum Gasteiger partial charge on any atom is 0.176 e. The van der Waals surface area contributed by atoms with Crippen molar-refractivity contribution in [3.63, 3.8) is 0 Å². The van der Waals surface area contributed by atoms with Crippen molar-refractivity contribution in [2.45, 2.75) is 152 Å². The van der Waals surface area contributed by atoms with E-state index in [0.717, 1.165) is 0 Å². The standard InChI is InChI=1S/C68H56F16N4O20S4/c69-33-29(34(70)42(78)61(41(33)77)109-65-57(101)53(97)49(93)21(9-89)105-65)25-13-1-2-14(85-13)26(30-35(71)43(79)62(44(80)36(30)72)110-66-58(102)54(98)50(94)22(10-90)106-66)16-5-6-18(87-16)28(32-39(75)47(83)64(48(84)40(32)76)112-68-60(104)56(100)52(96)24(12-92)108-68)20-8-7-19(88-20)27(17-4-3-15(25)86-17)31-37(73)45(81)63(46(82)38(31)74)111-67-59(103)55(99)51(95)23(11-91)107-67/h1-6,21-24,49-60,65-68,85,88-104H,7-12H2/t21-,22-,23-,24-,49-,50-,51-,52-,53+,54+,55+,56+,57-,58-,59-,60-,65-,66-,67-,68-/m1/s1. The summed E-state index contributed by atoms with van der Waals surface area (Å²) in [4.78, 5) is 6.51. The summed E-state index contributed by atoms with van der Waals surface area (Å²) < 4.78 is 298. The zero-order valence-electron chi connectivity index (χ0n) is 55.6. The first-order valence-corrected chi connectivity index (χ1v) is 36.4. The molecule has 0 amide bonds. The van der Waals surface area contributed by atoms with Crippen LogP contribution in [-0.4, -0.2) is 247 Å². The van der Waals surface area contributed by atoms with Crippen LogP contribution in [0.2, 0.25) is 0 Å². The van der Waals surface area contributed by atoms with Gasteiger partial charge >= 0.3 is 0 Å². The highest BCUT2D eigenvalue weighted by atomic mass is 32.2. The van der Waals surface area contributed by atoms with Crippen molar-refractivity contribution in [1.29, 1.82) is 0 Å². The highest BCUT2D eigenvalue weighted by Gasteiger charge is 2.50. The molecule has 9 heterocycles. The minimum absolute atomic E-state index is 0.357. The maximum absolute atomic E-state index is 17.6. The van der Waals surface area contributed by atoms with Crippen molar-refractivity contribution in [1.82, 2.24) is 19.9 Å². The lowest BCUT2D eigenvalue weighted by molar-refractivity contribution is -0.205. The molecule has 24 nitrogen and oxygen atoms in total. The van der Waals surface area contributed by atoms with E-state index >= 15 is 70.2 Å². The van der Waals surface area contributed by atoms with E-state index in [-0.39, 0.29) is 47.0 Å². The molecular formula is C68H56F16N4O20S4. The average molecular weight is 1680 g/mol. The summed E-state index contributed by atoms with van der Waals surface area (Å²) in [6.45, 7) is -4.53. The van der Waals surface area contributed by atoms with Crippen LogP contribution < -0.4 is 0 Å². The number of hydrogen-bond acceptors (Lipinski definition) is 26. The van der Waals surface area contributed by atoms with Crippen LogP contribution in [0.5, 0.6) is 0 Å². The van der Waals surface area contributed by atoms with E-state index in [2.05, 4.69) is 19.9 Å². The molecule has 604 valence electrons. The summed E-state index contributed by atoms with van der Waals surface area (Å²) in [5.74, 6) is -38.9. The van der Waals surface area contributed by atoms with E-state index in [0.29, 0.717) is 36.4 Å². The monoisotopic (exact) mass is 1680 g/mol. The maximum atomic E-state index is 17.6. The smallest absolute Gasteiger partial charge is 0.176 e. The number of aliphatic hydroxyl groups is 16. The quantitative estimate of drug-likeness (QED) is 0.0463. The SMILES string of the molecule is OC[C@H]1O[C@H](Sc2c(F)c(F)c(-c3c4nc(c(-c5c(F)c(F)c(S[C@H]6O[C@H](CO)[C@@H](O)[C@H](O)[C@H]6O)c(F)c5F)c5ccc([nH]5)c(-c5c(F)c(F)c(S[C@H]6O[C@H](CO)[C@@H](O)[C@H](O)[C@H]6O)c(F)c5F)c5nc(c(-c6c(F)c(F)c(S[C@H]7O[C@H](CO)[C@@H](O)[C@H](O)[C@H]7O)c(F)c6F)c6[nH]c3CC6)C=C5)C=C4)c(F)c2F)[C@H](O)[C@@H](O)[C@@H]1O. The predicted octanol–water partition coefficient (Wildman–Crippen LogP) is 4.62. The number of nitrogens with one attached hydrogen (secondary N) is 2. The van der Waals surface area contributed by atoms with Crippen molar-refractivity contribution in [2.75, 3.05) is 26.4 Å². The number of H-pyrrole nitrogens is 2. The Bertz CT molecular complexity index is 4640. The third-order valence-corrected chi connectivity index (χ3v) is 24.1. The Hall–Kier alpha value is -6.78. The molecule has 7 aliphatic rings. The molecule has 0 spiro atoms. The molecule has 8 bridgehead atoms. The third kappa shape index (κ3) is 14.0. The van der Waals surface area contributed by atoms with Crippen LogP contribution in [0.1, 0.15) is 34.2 Å². The van der Waals surface area contributed by atoms with Gasteiger partial charge in [-0.2, -0.15) is 0 Å². The van der Waals surface area contributed by atoms with Gasteiger partial charge in [-0.1, -0.05) is 47.0 Å². The first-order valence-electron chi connectivity index (χ1n) is 32.8. The third-order valence-electron chi connectivity index (χ3n) is 19.3. The van der Waals surface area contributed by atoms with E-state index in [4.69, 9.17) is 18.9 Å². The first-order chi connectivity index (χ1) is 53.0. The van der Waals surface area contributed by atoms with E-state index in [1.54, 1.807) is 0 Å². The number of rotatable bonds is 16. The van der Waals surface area contributed by atoms with Gasteiger partial charge in [0.05, 0.1) is 91.0 Å². The Labute approximate surface area is 632 Å². The summed E-state index contributed by atoms with van der Waals surface area (Å²) in [5.41, 5.74) is -29.5. The number of fused-ring (bicyclic) bond motifs is 8. The molecule has 0 saturated carbocycles. The minimum Gasteiger partial charge on any atom is -0.394 e. The zero-order chi connectivity index (χ0) is 81.3. The van der Waals surface area contributed by atoms with Gasteiger partial charge in [-0.25, -0.2) is 80.2 Å². The molecule has 18 N–H and O–H groups in total. The van der Waals surface area contributed by atoms with Gasteiger partial charge < -0.3 is 111 Å². The van der Waals surface area contributed by atoms with E-state index < -0.39 is 361 Å². The van der Waals surface area contributed by atoms with Crippen molar-refractivity contribution in [3.05, 3.63) is 139 Å². The molecule has 4 saturated heterocycles. The molecule has 6 aromatic rings. The zero-order valence-corrected chi connectivity index (χ0v) is 58.9. The molecule has 20 atom stereocenters. The fourth-order valence-electron chi connectivity index (χ4n) is 13.4. The van der Waals surface area contributed by atoms with Crippen LogP contribution in [0.15, 0.2) is 31.7 Å². The van der Waals surface area contributed by atoms with Gasteiger partial charge in [-0.3, -0.25) is 0 Å². The Balaban J connectivity index is 1.13. The van der Waals surface area contributed by atoms with E-state index in [1.165, 1.54) is 0 Å². The molecular weight excluding hydrogens is 1620 g/mol. The minimum atomic E-state index is -2.48. The van der Waals surface area contributed by atoms with Crippen LogP contribution in [0.4, 0.5) is 70.2 Å². The Kier molecular flexibility index (Phi) is 24.0. The lowest BCUT2D eigenvalue weighted by Gasteiger charge is -2.39. The van der Waals surface area contributed by atoms with E-state index in [1.807, 2.05) is 0 Å². The normalized spacial score (nSPS) is 29.1. The molecule has 4 fully saturated rings. The Morgan fingerprint density at radius 3 is 0.696 bits per heavy atom. The lowest BCUT2D eigenvalue weighted by Crippen LogP contribution is -2.57. The highest BCUT2D eigenvalue weighted by Crippen LogP contribution is 2.51. The summed E-state index contributed by atoms with van der Waals surface area (Å²) in [7, 11) is 0. The van der Waals surface area contributed by atoms with Crippen molar-refractivity contribution in [3.8, 4) is 44.5 Å². The summed E-state index contributed by atoms with van der Waals surface area (Å²) in [6, 6.07) is 1.26. The fraction of sp³-hybridized carbons (Fsp3) is 0.382. The largest absolute Gasteiger partial charge is 0.394 e. The number of hydrogen-bond donors (Lipinski definition) is 18. The number of aryl methyl sites for hydroxylation is 2. The molecule has 0 unspecified atom stereocenters. The van der Waals surface area contributed by atoms with Gasteiger partial charge in [0, 0.05) is 44.7 Å². The van der Waals surface area contributed by atoms with Crippen molar-refractivity contribution >= 4 is 82.4 Å². The number of aliphatic hydroxyl groups excluding tert-OH is 16. The van der Waals surface area contributed by atoms with Crippen molar-refractivity contribution < 1.29 is 171 Å². The molecule has 0 radical (unpaired) electrons. The van der Waals surface area contributed by atoms with Crippen LogP contribution in [0.25, 0.3) is 79.8 Å². The van der Waals surface area contributed by atoms with Crippen molar-refractivity contribution in [2.24, 2.45) is 0 Å². The highest BCUT2D eigenvalue weighted by molar-refractivity contribution is 8.00. The Morgan fingerprint density at radius 2 is 0.482 bits per heavy atom. The number of thioether (sulfide) groups is 4. The van der Waals surface area contributed by atoms with Gasteiger partial charge in [-0.15, -0.1) is 0 Å². The molecule has 7 aliphatic heterocycles. The van der Waals surface area contributed by atoms with Gasteiger partial charge in [0.2, 0.25) is 0 Å². The predicted molar refractivity (Wildman–Crippen MR) is 357 cm³/mol. The van der Waals surface area contributed by atoms with Crippen LogP contribution >= 0.6 is 47.0 Å². The first kappa shape index (κ1) is 83.2. The molecule has 112 heavy (non-hydrogen) atoms. The van der Waals surface area contributed by atoms with Crippen LogP contribution in [0.3, 0.4) is 0 Å². The van der Waals surface area contributed by atoms with Gasteiger partial charge in [-0.05, 0) is 49.3 Å². The second-order valence-corrected chi connectivity index (χ2v) is 30.3. The van der Waals surface area contributed by atoms with Crippen LogP contribution in [-0.2, 0) is 31.8 Å². The number of ether oxygens (including phenoxy) is 4. The summed E-state index contributed by atoms with van der Waals surface area (Å²) in [6.07, 6.45) is -33.4. The summed E-state index contributed by atoms with van der Waals surface area (Å²) >= 11 is -1.44. The topological polar surface area (TPSA) is 418 Å². The summed E-state index contributed by atoms with van der Waals surface area (Å²) in [5, 5.41) is 166. The lowest BCUT2D eigenvalue weighted by atomic mass is 9.97.